The first kappa shape index (κ1) is 13.9. The molecule has 102 valence electrons. The Morgan fingerprint density at radius 2 is 2.11 bits per heavy atom. The van der Waals surface area contributed by atoms with Crippen LogP contribution in [0.25, 0.3) is 0 Å². The second-order valence-corrected chi connectivity index (χ2v) is 5.00. The van der Waals surface area contributed by atoms with Gasteiger partial charge in [0.25, 0.3) is 0 Å². The number of aromatic amines is 1. The molecule has 2 aromatic rings. The van der Waals surface area contributed by atoms with Crippen molar-refractivity contribution in [3.05, 3.63) is 46.2 Å². The minimum Gasteiger partial charge on any atom is -0.378 e. The summed E-state index contributed by atoms with van der Waals surface area (Å²) >= 11 is 3.05. The molecule has 0 amide bonds. The van der Waals surface area contributed by atoms with Gasteiger partial charge < -0.3 is 5.32 Å². The summed E-state index contributed by atoms with van der Waals surface area (Å²) in [6.07, 6.45) is -1.18. The molecule has 1 aromatic carbocycles. The molecule has 1 atom stereocenters. The molecule has 3 nitrogen and oxygen atoms in total. The van der Waals surface area contributed by atoms with Crippen molar-refractivity contribution in [1.82, 2.24) is 10.2 Å². The third-order valence-electron chi connectivity index (χ3n) is 2.68. The van der Waals surface area contributed by atoms with Crippen LogP contribution in [0.5, 0.6) is 0 Å². The number of halogens is 4. The molecule has 0 spiro atoms. The Hall–Kier alpha value is -1.50. The van der Waals surface area contributed by atoms with E-state index in [1.807, 2.05) is 0 Å². The molecule has 0 saturated carbocycles. The first-order valence-corrected chi connectivity index (χ1v) is 6.29. The van der Waals surface area contributed by atoms with Crippen molar-refractivity contribution in [3.8, 4) is 0 Å². The summed E-state index contributed by atoms with van der Waals surface area (Å²) in [5.74, 6) is 0. The molecule has 1 unspecified atom stereocenters. The number of rotatable bonds is 3. The molecule has 0 aliphatic heterocycles. The van der Waals surface area contributed by atoms with Gasteiger partial charge in [0.2, 0.25) is 0 Å². The summed E-state index contributed by atoms with van der Waals surface area (Å²) < 4.78 is 39.2. The van der Waals surface area contributed by atoms with Crippen LogP contribution in [0.1, 0.15) is 24.1 Å². The second kappa shape index (κ2) is 5.24. The number of H-pyrrole nitrogens is 1. The van der Waals surface area contributed by atoms with E-state index in [1.54, 1.807) is 25.4 Å². The van der Waals surface area contributed by atoms with Crippen LogP contribution in [0.15, 0.2) is 35.1 Å². The van der Waals surface area contributed by atoms with Gasteiger partial charge in [-0.2, -0.15) is 18.3 Å². The van der Waals surface area contributed by atoms with E-state index < -0.39 is 11.7 Å². The van der Waals surface area contributed by atoms with Crippen LogP contribution in [0.4, 0.5) is 18.9 Å². The van der Waals surface area contributed by atoms with Crippen LogP contribution in [-0.2, 0) is 6.18 Å². The van der Waals surface area contributed by atoms with Crippen LogP contribution in [0, 0.1) is 0 Å². The molecule has 0 radical (unpaired) electrons. The minimum absolute atomic E-state index is 0.0457. The van der Waals surface area contributed by atoms with Gasteiger partial charge >= 0.3 is 6.18 Å². The van der Waals surface area contributed by atoms with Crippen molar-refractivity contribution >= 4 is 21.6 Å². The highest BCUT2D eigenvalue weighted by Crippen LogP contribution is 2.37. The molecule has 19 heavy (non-hydrogen) atoms. The van der Waals surface area contributed by atoms with Crippen molar-refractivity contribution in [3.63, 3.8) is 0 Å². The second-order valence-electron chi connectivity index (χ2n) is 4.09. The number of alkyl halides is 3. The Morgan fingerprint density at radius 1 is 1.37 bits per heavy atom. The Kier molecular flexibility index (Phi) is 3.84. The average molecular weight is 334 g/mol. The number of anilines is 1. The third-order valence-corrected chi connectivity index (χ3v) is 3.17. The summed E-state index contributed by atoms with van der Waals surface area (Å²) in [4.78, 5) is 0. The number of hydrogen-bond acceptors (Lipinski definition) is 2. The summed E-state index contributed by atoms with van der Waals surface area (Å²) in [5, 5.41) is 9.25. The molecule has 0 saturated heterocycles. The van der Waals surface area contributed by atoms with Gasteiger partial charge in [-0.3, -0.25) is 5.10 Å². The van der Waals surface area contributed by atoms with Crippen LogP contribution >= 0.6 is 15.9 Å². The van der Waals surface area contributed by atoms with Gasteiger partial charge in [-0.15, -0.1) is 0 Å². The maximum atomic E-state index is 12.9. The Labute approximate surface area is 116 Å². The van der Waals surface area contributed by atoms with E-state index in [1.165, 1.54) is 6.07 Å². The van der Waals surface area contributed by atoms with E-state index >= 15 is 0 Å². The normalized spacial score (nSPS) is 13.3. The summed E-state index contributed by atoms with van der Waals surface area (Å²) in [6.45, 7) is 1.77. The molecule has 0 aliphatic carbocycles. The number of aromatic nitrogens is 2. The molecule has 1 heterocycles. The third kappa shape index (κ3) is 3.28. The van der Waals surface area contributed by atoms with Crippen molar-refractivity contribution in [1.29, 1.82) is 0 Å². The highest BCUT2D eigenvalue weighted by molar-refractivity contribution is 9.10. The van der Waals surface area contributed by atoms with E-state index in [0.29, 0.717) is 4.47 Å². The van der Waals surface area contributed by atoms with E-state index in [9.17, 15) is 13.2 Å². The van der Waals surface area contributed by atoms with Gasteiger partial charge in [-0.25, -0.2) is 0 Å². The predicted molar refractivity (Wildman–Crippen MR) is 69.8 cm³/mol. The van der Waals surface area contributed by atoms with E-state index in [0.717, 1.165) is 11.6 Å². The van der Waals surface area contributed by atoms with Crippen molar-refractivity contribution in [2.75, 3.05) is 5.32 Å². The zero-order chi connectivity index (χ0) is 14.0. The smallest absolute Gasteiger partial charge is 0.378 e. The summed E-state index contributed by atoms with van der Waals surface area (Å²) in [7, 11) is 0. The maximum absolute atomic E-state index is 12.9. The molecule has 7 heteroatoms. The lowest BCUT2D eigenvalue weighted by Crippen LogP contribution is -2.13. The Morgan fingerprint density at radius 3 is 2.68 bits per heavy atom. The number of nitrogens with zero attached hydrogens (tertiary/aromatic N) is 1. The zero-order valence-corrected chi connectivity index (χ0v) is 11.5. The quantitative estimate of drug-likeness (QED) is 0.875. The fourth-order valence-corrected chi connectivity index (χ4v) is 2.05. The maximum Gasteiger partial charge on any atom is 0.418 e. The van der Waals surface area contributed by atoms with Crippen molar-refractivity contribution in [2.24, 2.45) is 0 Å². The topological polar surface area (TPSA) is 40.7 Å². The van der Waals surface area contributed by atoms with Crippen LogP contribution in [0.3, 0.4) is 0 Å². The van der Waals surface area contributed by atoms with Crippen LogP contribution in [0.2, 0.25) is 0 Å². The zero-order valence-electron chi connectivity index (χ0n) is 9.92. The van der Waals surface area contributed by atoms with Crippen molar-refractivity contribution < 1.29 is 13.2 Å². The molecule has 2 rings (SSSR count). The molecular formula is C12H11BrF3N3. The average Bonchev–Trinajstić information content (AvgIpc) is 2.83. The standard InChI is InChI=1S/C12H11BrF3N3/c1-7(8-5-17-18-6-8)19-11-3-2-9(13)4-10(11)12(14,15)16/h2-7,19H,1H3,(H,17,18). The Balaban J connectivity index is 2.30. The van der Waals surface area contributed by atoms with Crippen LogP contribution < -0.4 is 5.32 Å². The lowest BCUT2D eigenvalue weighted by Gasteiger charge is -2.18. The van der Waals surface area contributed by atoms with Gasteiger partial charge in [0.1, 0.15) is 0 Å². The molecule has 0 bridgehead atoms. The van der Waals surface area contributed by atoms with Crippen LogP contribution in [-0.4, -0.2) is 10.2 Å². The SMILES string of the molecule is CC(Nc1ccc(Br)cc1C(F)(F)F)c1cn[nH]c1. The fourth-order valence-electron chi connectivity index (χ4n) is 1.69. The van der Waals surface area contributed by atoms with Gasteiger partial charge in [-0.1, -0.05) is 15.9 Å². The molecule has 0 fully saturated rings. The number of hydrogen-bond donors (Lipinski definition) is 2. The lowest BCUT2D eigenvalue weighted by atomic mass is 10.1. The summed E-state index contributed by atoms with van der Waals surface area (Å²) in [5.41, 5.74) is 0.137. The van der Waals surface area contributed by atoms with E-state index in [4.69, 9.17) is 0 Å². The molecule has 0 aliphatic rings. The predicted octanol–water partition coefficient (Wildman–Crippen LogP) is 4.36. The van der Waals surface area contributed by atoms with E-state index in [-0.39, 0.29) is 11.7 Å². The molecule has 2 N–H and O–H groups in total. The van der Waals surface area contributed by atoms with Gasteiger partial charge in [0, 0.05) is 21.9 Å². The fraction of sp³-hybridized carbons (Fsp3) is 0.250. The lowest BCUT2D eigenvalue weighted by molar-refractivity contribution is -0.137. The summed E-state index contributed by atoms with van der Waals surface area (Å²) in [6, 6.07) is 3.76. The highest BCUT2D eigenvalue weighted by atomic mass is 79.9. The van der Waals surface area contributed by atoms with Gasteiger partial charge in [-0.05, 0) is 25.1 Å². The monoisotopic (exact) mass is 333 g/mol. The Bertz CT molecular complexity index is 552. The number of benzene rings is 1. The highest BCUT2D eigenvalue weighted by Gasteiger charge is 2.34. The van der Waals surface area contributed by atoms with Gasteiger partial charge in [0.15, 0.2) is 0 Å². The first-order valence-electron chi connectivity index (χ1n) is 5.50. The largest absolute Gasteiger partial charge is 0.418 e. The first-order chi connectivity index (χ1) is 8.88. The molecular weight excluding hydrogens is 323 g/mol. The van der Waals surface area contributed by atoms with Crippen molar-refractivity contribution in [2.45, 2.75) is 19.1 Å². The van der Waals surface area contributed by atoms with E-state index in [2.05, 4.69) is 31.4 Å². The molecule has 1 aromatic heterocycles. The minimum atomic E-state index is -4.40. The van der Waals surface area contributed by atoms with Gasteiger partial charge in [0.05, 0.1) is 17.8 Å². The number of nitrogens with one attached hydrogen (secondary N) is 2.